The number of aromatic nitrogens is 4. The number of amides is 1. The standard InChI is InChI=1S/C20H26FN5O2/c1-14(2)10-26-13-23-24-18(26)16-11-25(12-20(16)5-7-28-8-6-20)19(27)17-4-3-15(21)9-22-17/h3-4,9,13-14,16H,5-8,10-12H2,1-2H3. The van der Waals surface area contributed by atoms with Crippen molar-refractivity contribution in [1.29, 1.82) is 0 Å². The molecule has 8 heteroatoms. The van der Waals surface area contributed by atoms with Crippen molar-refractivity contribution >= 4 is 5.91 Å². The quantitative estimate of drug-likeness (QED) is 0.806. The summed E-state index contributed by atoms with van der Waals surface area (Å²) in [4.78, 5) is 18.8. The van der Waals surface area contributed by atoms with E-state index >= 15 is 0 Å². The number of ether oxygens (including phenoxy) is 1. The first kappa shape index (κ1) is 19.0. The van der Waals surface area contributed by atoms with Crippen LogP contribution in [0.3, 0.4) is 0 Å². The third kappa shape index (κ3) is 3.53. The fourth-order valence-electron chi connectivity index (χ4n) is 4.50. The Labute approximate surface area is 163 Å². The summed E-state index contributed by atoms with van der Waals surface area (Å²) in [5, 5.41) is 8.61. The normalized spacial score (nSPS) is 21.6. The second-order valence-electron chi connectivity index (χ2n) is 8.31. The molecule has 150 valence electrons. The number of pyridine rings is 1. The predicted octanol–water partition coefficient (Wildman–Crippen LogP) is 2.50. The molecule has 1 amide bonds. The molecule has 1 spiro atoms. The van der Waals surface area contributed by atoms with E-state index in [-0.39, 0.29) is 22.9 Å². The van der Waals surface area contributed by atoms with Crippen molar-refractivity contribution in [2.45, 2.75) is 39.2 Å². The molecular weight excluding hydrogens is 361 g/mol. The summed E-state index contributed by atoms with van der Waals surface area (Å²) >= 11 is 0. The Balaban J connectivity index is 1.64. The van der Waals surface area contributed by atoms with Gasteiger partial charge in [0.15, 0.2) is 0 Å². The fraction of sp³-hybridized carbons (Fsp3) is 0.600. The molecule has 2 aromatic rings. The van der Waals surface area contributed by atoms with Gasteiger partial charge in [-0.3, -0.25) is 4.79 Å². The van der Waals surface area contributed by atoms with Crippen LogP contribution >= 0.6 is 0 Å². The average molecular weight is 387 g/mol. The van der Waals surface area contributed by atoms with E-state index in [4.69, 9.17) is 4.74 Å². The molecule has 7 nitrogen and oxygen atoms in total. The zero-order valence-corrected chi connectivity index (χ0v) is 16.3. The van der Waals surface area contributed by atoms with Crippen LogP contribution in [0.2, 0.25) is 0 Å². The lowest BCUT2D eigenvalue weighted by Crippen LogP contribution is -2.38. The van der Waals surface area contributed by atoms with E-state index in [9.17, 15) is 9.18 Å². The first-order chi connectivity index (χ1) is 13.5. The Hall–Kier alpha value is -2.35. The number of hydrogen-bond donors (Lipinski definition) is 0. The van der Waals surface area contributed by atoms with E-state index in [0.717, 1.165) is 31.4 Å². The maximum absolute atomic E-state index is 13.2. The number of likely N-dealkylation sites (tertiary alicyclic amines) is 1. The monoisotopic (exact) mass is 387 g/mol. The van der Waals surface area contributed by atoms with Gasteiger partial charge in [0.25, 0.3) is 5.91 Å². The molecule has 2 fully saturated rings. The number of carbonyl (C=O) groups is 1. The highest BCUT2D eigenvalue weighted by Crippen LogP contribution is 2.49. The largest absolute Gasteiger partial charge is 0.381 e. The average Bonchev–Trinajstić information content (AvgIpc) is 3.26. The predicted molar refractivity (Wildman–Crippen MR) is 100 cm³/mol. The van der Waals surface area contributed by atoms with E-state index in [0.29, 0.717) is 32.2 Å². The lowest BCUT2D eigenvalue weighted by atomic mass is 9.71. The van der Waals surface area contributed by atoms with Crippen LogP contribution in [-0.2, 0) is 11.3 Å². The number of halogens is 1. The summed E-state index contributed by atoms with van der Waals surface area (Å²) in [6.45, 7) is 7.75. The Bertz CT molecular complexity index is 829. The Morgan fingerprint density at radius 3 is 2.82 bits per heavy atom. The molecule has 28 heavy (non-hydrogen) atoms. The smallest absolute Gasteiger partial charge is 0.272 e. The van der Waals surface area contributed by atoms with E-state index in [2.05, 4.69) is 33.6 Å². The summed E-state index contributed by atoms with van der Waals surface area (Å²) in [5.41, 5.74) is 0.198. The van der Waals surface area contributed by atoms with Gasteiger partial charge in [0.2, 0.25) is 0 Å². The van der Waals surface area contributed by atoms with E-state index in [1.807, 2.05) is 4.90 Å². The van der Waals surface area contributed by atoms with Crippen LogP contribution in [0.15, 0.2) is 24.7 Å². The first-order valence-corrected chi connectivity index (χ1v) is 9.85. The third-order valence-electron chi connectivity index (χ3n) is 5.89. The van der Waals surface area contributed by atoms with Gasteiger partial charge in [-0.15, -0.1) is 10.2 Å². The molecule has 0 N–H and O–H groups in total. The second kappa shape index (κ2) is 7.58. The molecule has 2 saturated heterocycles. The lowest BCUT2D eigenvalue weighted by Gasteiger charge is -2.37. The van der Waals surface area contributed by atoms with Crippen molar-refractivity contribution in [2.24, 2.45) is 11.3 Å². The van der Waals surface area contributed by atoms with Gasteiger partial charge < -0.3 is 14.2 Å². The molecule has 2 aliphatic rings. The van der Waals surface area contributed by atoms with Gasteiger partial charge in [-0.25, -0.2) is 9.37 Å². The van der Waals surface area contributed by atoms with Gasteiger partial charge >= 0.3 is 0 Å². The van der Waals surface area contributed by atoms with Crippen LogP contribution in [0.1, 0.15) is 48.9 Å². The summed E-state index contributed by atoms with van der Waals surface area (Å²) in [5.74, 6) is 0.907. The minimum Gasteiger partial charge on any atom is -0.381 e. The lowest BCUT2D eigenvalue weighted by molar-refractivity contribution is 0.0106. The number of carbonyl (C=O) groups excluding carboxylic acids is 1. The molecule has 2 aliphatic heterocycles. The molecule has 1 atom stereocenters. The Morgan fingerprint density at radius 1 is 1.36 bits per heavy atom. The molecule has 0 radical (unpaired) electrons. The van der Waals surface area contributed by atoms with Gasteiger partial charge in [-0.2, -0.15) is 0 Å². The zero-order chi connectivity index (χ0) is 19.7. The molecule has 4 heterocycles. The van der Waals surface area contributed by atoms with Crippen molar-refractivity contribution in [2.75, 3.05) is 26.3 Å². The molecular formula is C20H26FN5O2. The maximum Gasteiger partial charge on any atom is 0.272 e. The molecule has 0 aromatic carbocycles. The summed E-state index contributed by atoms with van der Waals surface area (Å²) in [6, 6.07) is 2.72. The summed E-state index contributed by atoms with van der Waals surface area (Å²) in [7, 11) is 0. The van der Waals surface area contributed by atoms with Crippen molar-refractivity contribution < 1.29 is 13.9 Å². The van der Waals surface area contributed by atoms with Crippen LogP contribution in [0.4, 0.5) is 4.39 Å². The third-order valence-corrected chi connectivity index (χ3v) is 5.89. The zero-order valence-electron chi connectivity index (χ0n) is 16.3. The Morgan fingerprint density at radius 2 is 2.14 bits per heavy atom. The fourth-order valence-corrected chi connectivity index (χ4v) is 4.50. The van der Waals surface area contributed by atoms with Crippen LogP contribution in [0.5, 0.6) is 0 Å². The van der Waals surface area contributed by atoms with Gasteiger partial charge in [-0.1, -0.05) is 13.8 Å². The molecule has 4 rings (SSSR count). The maximum atomic E-state index is 13.2. The van der Waals surface area contributed by atoms with Crippen LogP contribution in [0.25, 0.3) is 0 Å². The minimum absolute atomic E-state index is 0.0737. The molecule has 0 saturated carbocycles. The number of hydrogen-bond acceptors (Lipinski definition) is 5. The molecule has 1 unspecified atom stereocenters. The van der Waals surface area contributed by atoms with Crippen molar-refractivity contribution in [1.82, 2.24) is 24.6 Å². The highest BCUT2D eigenvalue weighted by molar-refractivity contribution is 5.92. The van der Waals surface area contributed by atoms with Gasteiger partial charge in [0.05, 0.1) is 6.20 Å². The molecule has 0 aliphatic carbocycles. The van der Waals surface area contributed by atoms with Crippen molar-refractivity contribution in [3.8, 4) is 0 Å². The van der Waals surface area contributed by atoms with Gasteiger partial charge in [0, 0.05) is 44.2 Å². The minimum atomic E-state index is -0.446. The van der Waals surface area contributed by atoms with Gasteiger partial charge in [-0.05, 0) is 30.9 Å². The highest BCUT2D eigenvalue weighted by Gasteiger charge is 2.51. The van der Waals surface area contributed by atoms with E-state index in [1.165, 1.54) is 12.1 Å². The number of nitrogens with zero attached hydrogens (tertiary/aromatic N) is 5. The van der Waals surface area contributed by atoms with E-state index < -0.39 is 5.82 Å². The number of rotatable bonds is 4. The highest BCUT2D eigenvalue weighted by atomic mass is 19.1. The summed E-state index contributed by atoms with van der Waals surface area (Å²) in [6.07, 6.45) is 4.64. The SMILES string of the molecule is CC(C)Cn1cnnc1C1CN(C(=O)c2ccc(F)cn2)CC12CCOCC2. The second-order valence-corrected chi connectivity index (χ2v) is 8.31. The molecule has 2 aromatic heterocycles. The first-order valence-electron chi connectivity index (χ1n) is 9.85. The van der Waals surface area contributed by atoms with Crippen LogP contribution in [0, 0.1) is 17.2 Å². The molecule has 0 bridgehead atoms. The van der Waals surface area contributed by atoms with Crippen molar-refractivity contribution in [3.63, 3.8) is 0 Å². The topological polar surface area (TPSA) is 73.1 Å². The van der Waals surface area contributed by atoms with Crippen molar-refractivity contribution in [3.05, 3.63) is 42.0 Å². The Kier molecular flexibility index (Phi) is 5.14. The van der Waals surface area contributed by atoms with Crippen LogP contribution < -0.4 is 0 Å². The van der Waals surface area contributed by atoms with E-state index in [1.54, 1.807) is 6.33 Å². The van der Waals surface area contributed by atoms with Crippen LogP contribution in [-0.4, -0.2) is 56.9 Å². The summed E-state index contributed by atoms with van der Waals surface area (Å²) < 4.78 is 20.9. The van der Waals surface area contributed by atoms with Gasteiger partial charge in [0.1, 0.15) is 23.7 Å².